The first kappa shape index (κ1) is 19.7. The summed E-state index contributed by atoms with van der Waals surface area (Å²) in [7, 11) is 0. The fourth-order valence-corrected chi connectivity index (χ4v) is 3.71. The van der Waals surface area contributed by atoms with Gasteiger partial charge >= 0.3 is 0 Å². The number of hydrogen-bond donors (Lipinski definition) is 3. The molecular formula is C23H24N4O3. The van der Waals surface area contributed by atoms with Gasteiger partial charge in [-0.3, -0.25) is 14.4 Å². The molecule has 1 atom stereocenters. The Balaban J connectivity index is 1.27. The molecule has 2 heterocycles. The molecule has 2 aromatic carbocycles. The van der Waals surface area contributed by atoms with Gasteiger partial charge in [0.25, 0.3) is 5.91 Å². The summed E-state index contributed by atoms with van der Waals surface area (Å²) in [6.45, 7) is 3.21. The highest BCUT2D eigenvalue weighted by molar-refractivity contribution is 6.09. The summed E-state index contributed by atoms with van der Waals surface area (Å²) in [6.07, 6.45) is 2.41. The number of nitrogens with zero attached hydrogens (tertiary/aromatic N) is 1. The Morgan fingerprint density at radius 2 is 1.97 bits per heavy atom. The molecular weight excluding hydrogens is 380 g/mol. The molecule has 1 aliphatic rings. The summed E-state index contributed by atoms with van der Waals surface area (Å²) in [5.41, 5.74) is 3.26. The number of carbonyl (C=O) groups is 3. The Morgan fingerprint density at radius 3 is 2.83 bits per heavy atom. The first-order valence-electron chi connectivity index (χ1n) is 10.0. The second-order valence-electron chi connectivity index (χ2n) is 7.52. The van der Waals surface area contributed by atoms with Crippen molar-refractivity contribution in [3.8, 4) is 0 Å². The summed E-state index contributed by atoms with van der Waals surface area (Å²) in [6, 6.07) is 14.5. The van der Waals surface area contributed by atoms with E-state index in [0.29, 0.717) is 24.3 Å². The van der Waals surface area contributed by atoms with Crippen LogP contribution in [-0.2, 0) is 16.1 Å². The van der Waals surface area contributed by atoms with Crippen molar-refractivity contribution in [1.29, 1.82) is 0 Å². The smallest absolute Gasteiger partial charge is 0.254 e. The van der Waals surface area contributed by atoms with Crippen LogP contribution < -0.4 is 16.0 Å². The van der Waals surface area contributed by atoms with E-state index in [1.165, 1.54) is 10.9 Å². The van der Waals surface area contributed by atoms with Gasteiger partial charge < -0.3 is 20.5 Å². The number of anilines is 1. The molecule has 0 saturated carbocycles. The van der Waals surface area contributed by atoms with Crippen molar-refractivity contribution in [1.82, 2.24) is 15.2 Å². The zero-order valence-electron chi connectivity index (χ0n) is 16.8. The van der Waals surface area contributed by atoms with Crippen molar-refractivity contribution in [2.45, 2.75) is 32.4 Å². The maximum atomic E-state index is 12.4. The maximum Gasteiger partial charge on any atom is 0.254 e. The largest absolute Gasteiger partial charge is 0.354 e. The summed E-state index contributed by atoms with van der Waals surface area (Å²) < 4.78 is 2.10. The summed E-state index contributed by atoms with van der Waals surface area (Å²) in [5, 5.41) is 9.53. The molecule has 7 heteroatoms. The van der Waals surface area contributed by atoms with Crippen LogP contribution in [0.25, 0.3) is 10.9 Å². The minimum absolute atomic E-state index is 0.147. The van der Waals surface area contributed by atoms with Crippen molar-refractivity contribution in [3.63, 3.8) is 0 Å². The molecule has 0 aliphatic carbocycles. The second kappa shape index (κ2) is 8.41. The van der Waals surface area contributed by atoms with Crippen LogP contribution in [0.5, 0.6) is 0 Å². The van der Waals surface area contributed by atoms with E-state index in [1.807, 2.05) is 6.20 Å². The number of rotatable bonds is 6. The van der Waals surface area contributed by atoms with Crippen LogP contribution in [-0.4, -0.2) is 34.9 Å². The molecule has 3 N–H and O–H groups in total. The number of fused-ring (bicyclic) bond motifs is 2. The molecule has 0 spiro atoms. The van der Waals surface area contributed by atoms with Crippen LogP contribution in [0.2, 0.25) is 0 Å². The van der Waals surface area contributed by atoms with Crippen molar-refractivity contribution >= 4 is 34.3 Å². The first-order valence-corrected chi connectivity index (χ1v) is 10.0. The maximum absolute atomic E-state index is 12.4. The van der Waals surface area contributed by atoms with Gasteiger partial charge in [-0.25, -0.2) is 0 Å². The molecule has 1 aliphatic heterocycles. The molecule has 3 amide bonds. The summed E-state index contributed by atoms with van der Waals surface area (Å²) in [4.78, 5) is 37.0. The number of para-hydroxylation sites is 1. The van der Waals surface area contributed by atoms with Gasteiger partial charge in [0.1, 0.15) is 6.04 Å². The van der Waals surface area contributed by atoms with E-state index < -0.39 is 6.04 Å². The zero-order valence-corrected chi connectivity index (χ0v) is 16.8. The van der Waals surface area contributed by atoms with E-state index in [0.717, 1.165) is 5.52 Å². The molecule has 3 aromatic rings. The molecule has 0 fully saturated rings. The van der Waals surface area contributed by atoms with Gasteiger partial charge in [0, 0.05) is 31.2 Å². The van der Waals surface area contributed by atoms with Crippen molar-refractivity contribution in [2.75, 3.05) is 11.9 Å². The van der Waals surface area contributed by atoms with Gasteiger partial charge in [-0.1, -0.05) is 23.8 Å². The van der Waals surface area contributed by atoms with E-state index >= 15 is 0 Å². The topological polar surface area (TPSA) is 92.2 Å². The van der Waals surface area contributed by atoms with Crippen LogP contribution in [0.3, 0.4) is 0 Å². The van der Waals surface area contributed by atoms with Crippen molar-refractivity contribution in [2.24, 2.45) is 0 Å². The van der Waals surface area contributed by atoms with Crippen molar-refractivity contribution < 1.29 is 14.4 Å². The third-order valence-corrected chi connectivity index (χ3v) is 5.31. The Bertz CT molecular complexity index is 1120. The molecule has 30 heavy (non-hydrogen) atoms. The number of hydrogen-bond acceptors (Lipinski definition) is 3. The van der Waals surface area contributed by atoms with Crippen LogP contribution in [0, 0.1) is 6.92 Å². The molecule has 154 valence electrons. The Labute approximate surface area is 174 Å². The fourth-order valence-electron chi connectivity index (χ4n) is 3.71. The number of aromatic nitrogens is 1. The summed E-state index contributed by atoms with van der Waals surface area (Å²) in [5.74, 6) is -0.773. The normalized spacial score (nSPS) is 15.8. The lowest BCUT2D eigenvalue weighted by atomic mass is 10.1. The lowest BCUT2D eigenvalue weighted by Crippen LogP contribution is -2.42. The molecule has 4 rings (SSSR count). The highest BCUT2D eigenvalue weighted by Crippen LogP contribution is 2.19. The molecule has 7 nitrogen and oxygen atoms in total. The van der Waals surface area contributed by atoms with Crippen molar-refractivity contribution in [3.05, 3.63) is 65.9 Å². The van der Waals surface area contributed by atoms with Gasteiger partial charge in [-0.15, -0.1) is 0 Å². The standard InChI is InChI=1S/C23H24N4O3/c1-15-6-8-20-16(14-15)10-12-27(20)13-11-24-21(28)9-7-19-23(30)25-18-5-3-2-4-17(18)22(29)26-19/h2-6,8,10,12,14,19H,7,9,11,13H2,1H3,(H,24,28)(H,25,30)(H,26,29). The predicted molar refractivity (Wildman–Crippen MR) is 115 cm³/mol. The first-order chi connectivity index (χ1) is 14.5. The van der Waals surface area contributed by atoms with Gasteiger partial charge in [0.05, 0.1) is 11.3 Å². The van der Waals surface area contributed by atoms with Crippen LogP contribution in [0.4, 0.5) is 5.69 Å². The number of amides is 3. The van der Waals surface area contributed by atoms with E-state index in [4.69, 9.17) is 0 Å². The zero-order chi connectivity index (χ0) is 21.1. The van der Waals surface area contributed by atoms with Crippen LogP contribution >= 0.6 is 0 Å². The van der Waals surface area contributed by atoms with Gasteiger partial charge in [0.15, 0.2) is 0 Å². The Morgan fingerprint density at radius 1 is 1.13 bits per heavy atom. The lowest BCUT2D eigenvalue weighted by molar-refractivity contribution is -0.121. The SMILES string of the molecule is Cc1ccc2c(ccn2CCNC(=O)CCC2NC(=O)c3ccccc3NC2=O)c1. The van der Waals surface area contributed by atoms with E-state index in [1.54, 1.807) is 24.3 Å². The minimum Gasteiger partial charge on any atom is -0.354 e. The van der Waals surface area contributed by atoms with E-state index in [-0.39, 0.29) is 30.6 Å². The Kier molecular flexibility index (Phi) is 5.52. The monoisotopic (exact) mass is 404 g/mol. The van der Waals surface area contributed by atoms with Crippen LogP contribution in [0.1, 0.15) is 28.8 Å². The number of benzene rings is 2. The second-order valence-corrected chi connectivity index (χ2v) is 7.52. The number of nitrogens with one attached hydrogen (secondary N) is 3. The molecule has 1 aromatic heterocycles. The van der Waals surface area contributed by atoms with Crippen LogP contribution in [0.15, 0.2) is 54.7 Å². The molecule has 0 radical (unpaired) electrons. The van der Waals surface area contributed by atoms with Gasteiger partial charge in [-0.05, 0) is 49.1 Å². The molecule has 1 unspecified atom stereocenters. The van der Waals surface area contributed by atoms with E-state index in [2.05, 4.69) is 51.7 Å². The van der Waals surface area contributed by atoms with E-state index in [9.17, 15) is 14.4 Å². The quantitative estimate of drug-likeness (QED) is 0.590. The highest BCUT2D eigenvalue weighted by Gasteiger charge is 2.27. The minimum atomic E-state index is -0.743. The highest BCUT2D eigenvalue weighted by atomic mass is 16.2. The molecule has 0 bridgehead atoms. The Hall–Kier alpha value is -3.61. The number of aryl methyl sites for hydroxylation is 1. The number of carbonyl (C=O) groups excluding carboxylic acids is 3. The van der Waals surface area contributed by atoms with Gasteiger partial charge in [-0.2, -0.15) is 0 Å². The predicted octanol–water partition coefficient (Wildman–Crippen LogP) is 2.60. The fraction of sp³-hybridized carbons (Fsp3) is 0.261. The van der Waals surface area contributed by atoms with Gasteiger partial charge in [0.2, 0.25) is 11.8 Å². The third-order valence-electron chi connectivity index (χ3n) is 5.31. The lowest BCUT2D eigenvalue weighted by Gasteiger charge is -2.14. The average molecular weight is 404 g/mol. The summed E-state index contributed by atoms with van der Waals surface area (Å²) >= 11 is 0. The average Bonchev–Trinajstić information content (AvgIpc) is 3.07. The molecule has 0 saturated heterocycles. The third kappa shape index (κ3) is 4.20.